The first kappa shape index (κ1) is 14.5. The van der Waals surface area contributed by atoms with E-state index in [1.807, 2.05) is 0 Å². The second kappa shape index (κ2) is 5.60. The summed E-state index contributed by atoms with van der Waals surface area (Å²) in [6.07, 6.45) is 2.37. The molecule has 0 aromatic carbocycles. The van der Waals surface area contributed by atoms with Crippen LogP contribution in [0.1, 0.15) is 20.3 Å². The molecule has 2 unspecified atom stereocenters. The lowest BCUT2D eigenvalue weighted by Crippen LogP contribution is -2.50. The molecule has 0 saturated carbocycles. The van der Waals surface area contributed by atoms with Crippen LogP contribution in [0.15, 0.2) is 17.3 Å². The molecule has 2 heterocycles. The van der Waals surface area contributed by atoms with Gasteiger partial charge in [-0.2, -0.15) is 9.40 Å². The van der Waals surface area contributed by atoms with E-state index in [4.69, 9.17) is 0 Å². The highest BCUT2D eigenvalue weighted by Gasteiger charge is 2.34. The Hall–Kier alpha value is -0.920. The first-order valence-corrected chi connectivity index (χ1v) is 8.12. The van der Waals surface area contributed by atoms with E-state index in [0.717, 1.165) is 13.0 Å². The number of aryl methyl sites for hydroxylation is 1. The molecule has 19 heavy (non-hydrogen) atoms. The van der Waals surface area contributed by atoms with E-state index >= 15 is 0 Å². The van der Waals surface area contributed by atoms with Crippen molar-refractivity contribution in [3.8, 4) is 0 Å². The van der Waals surface area contributed by atoms with E-state index in [-0.39, 0.29) is 5.03 Å². The van der Waals surface area contributed by atoms with Gasteiger partial charge in [0, 0.05) is 26.2 Å². The average molecular weight is 286 g/mol. The molecule has 1 aliphatic heterocycles. The predicted octanol–water partition coefficient (Wildman–Crippen LogP) is 0.429. The monoisotopic (exact) mass is 286 g/mol. The highest BCUT2D eigenvalue weighted by Crippen LogP contribution is 2.23. The van der Waals surface area contributed by atoms with E-state index in [1.165, 1.54) is 10.9 Å². The molecular formula is C12H22N4O2S. The summed E-state index contributed by atoms with van der Waals surface area (Å²) in [5.74, 6) is 0.316. The van der Waals surface area contributed by atoms with Gasteiger partial charge in [0.05, 0.1) is 6.20 Å². The molecule has 6 nitrogen and oxygen atoms in total. The molecule has 1 saturated heterocycles. The maximum absolute atomic E-state index is 12.5. The summed E-state index contributed by atoms with van der Waals surface area (Å²) in [5, 5.41) is 7.62. The molecule has 1 aliphatic rings. The Bertz CT molecular complexity index is 526. The molecule has 0 bridgehead atoms. The lowest BCUT2D eigenvalue weighted by Gasteiger charge is -2.36. The van der Waals surface area contributed by atoms with Crippen LogP contribution in [0.4, 0.5) is 0 Å². The van der Waals surface area contributed by atoms with E-state index < -0.39 is 10.0 Å². The molecular weight excluding hydrogens is 264 g/mol. The van der Waals surface area contributed by atoms with Gasteiger partial charge in [-0.05, 0) is 24.9 Å². The summed E-state index contributed by atoms with van der Waals surface area (Å²) in [7, 11) is -1.76. The zero-order valence-electron chi connectivity index (χ0n) is 11.7. The predicted molar refractivity (Wildman–Crippen MR) is 73.2 cm³/mol. The number of piperidine rings is 1. The van der Waals surface area contributed by atoms with Crippen molar-refractivity contribution in [2.24, 2.45) is 13.0 Å². The second-order valence-corrected chi connectivity index (χ2v) is 6.97. The number of sulfonamides is 1. The van der Waals surface area contributed by atoms with Gasteiger partial charge in [-0.25, -0.2) is 8.42 Å². The van der Waals surface area contributed by atoms with Crippen LogP contribution in [-0.2, 0) is 17.1 Å². The van der Waals surface area contributed by atoms with Gasteiger partial charge in [0.25, 0.3) is 10.0 Å². The van der Waals surface area contributed by atoms with Crippen molar-refractivity contribution in [1.29, 1.82) is 0 Å². The first-order valence-electron chi connectivity index (χ1n) is 6.68. The van der Waals surface area contributed by atoms with Gasteiger partial charge < -0.3 is 5.32 Å². The Morgan fingerprint density at radius 3 is 2.79 bits per heavy atom. The largest absolute Gasteiger partial charge is 0.314 e. The summed E-state index contributed by atoms with van der Waals surface area (Å²) >= 11 is 0. The third-order valence-corrected chi connectivity index (χ3v) is 5.65. The van der Waals surface area contributed by atoms with E-state index in [0.29, 0.717) is 25.0 Å². The highest BCUT2D eigenvalue weighted by molar-refractivity contribution is 7.89. The van der Waals surface area contributed by atoms with Crippen LogP contribution in [-0.4, -0.2) is 48.2 Å². The standard InChI is InChI=1S/C12H22N4O2S/c1-4-13-11-6-8-16(9-10(11)2)19(17,18)12-5-7-14-15(12)3/h5,7,10-11,13H,4,6,8-9H2,1-3H3. The summed E-state index contributed by atoms with van der Waals surface area (Å²) in [6.45, 7) is 6.22. The third kappa shape index (κ3) is 2.82. The zero-order chi connectivity index (χ0) is 14.0. The maximum Gasteiger partial charge on any atom is 0.260 e. The lowest BCUT2D eigenvalue weighted by molar-refractivity contribution is 0.221. The summed E-state index contributed by atoms with van der Waals surface area (Å²) in [4.78, 5) is 0. The van der Waals surface area contributed by atoms with Gasteiger partial charge in [0.15, 0.2) is 5.03 Å². The fourth-order valence-electron chi connectivity index (χ4n) is 2.64. The Balaban J connectivity index is 2.14. The number of nitrogens with zero attached hydrogens (tertiary/aromatic N) is 3. The van der Waals surface area contributed by atoms with Crippen molar-refractivity contribution in [2.45, 2.75) is 31.3 Å². The lowest BCUT2D eigenvalue weighted by atomic mass is 9.95. The van der Waals surface area contributed by atoms with Gasteiger partial charge in [-0.1, -0.05) is 13.8 Å². The third-order valence-electron chi connectivity index (χ3n) is 3.71. The number of rotatable bonds is 4. The van der Waals surface area contributed by atoms with Crippen LogP contribution in [0, 0.1) is 5.92 Å². The molecule has 7 heteroatoms. The normalized spacial score (nSPS) is 25.6. The second-order valence-electron chi connectivity index (χ2n) is 5.09. The van der Waals surface area contributed by atoms with E-state index in [9.17, 15) is 8.42 Å². The van der Waals surface area contributed by atoms with E-state index in [1.54, 1.807) is 17.4 Å². The minimum atomic E-state index is -3.41. The molecule has 2 rings (SSSR count). The summed E-state index contributed by atoms with van der Waals surface area (Å²) in [5.41, 5.74) is 0. The van der Waals surface area contributed by atoms with Crippen molar-refractivity contribution >= 4 is 10.0 Å². The molecule has 1 aromatic rings. The number of nitrogens with one attached hydrogen (secondary N) is 1. The Kier molecular flexibility index (Phi) is 4.27. The van der Waals surface area contributed by atoms with Crippen LogP contribution >= 0.6 is 0 Å². The number of hydrogen-bond acceptors (Lipinski definition) is 4. The van der Waals surface area contributed by atoms with Gasteiger partial charge >= 0.3 is 0 Å². The topological polar surface area (TPSA) is 67.2 Å². The minimum absolute atomic E-state index is 0.265. The summed E-state index contributed by atoms with van der Waals surface area (Å²) < 4.78 is 28.0. The van der Waals surface area contributed by atoms with Crippen molar-refractivity contribution in [3.05, 3.63) is 12.3 Å². The van der Waals surface area contributed by atoms with E-state index in [2.05, 4.69) is 24.3 Å². The zero-order valence-corrected chi connectivity index (χ0v) is 12.5. The quantitative estimate of drug-likeness (QED) is 0.871. The van der Waals surface area contributed by atoms with Gasteiger partial charge in [-0.3, -0.25) is 4.68 Å². The van der Waals surface area contributed by atoms with Crippen LogP contribution in [0.3, 0.4) is 0 Å². The van der Waals surface area contributed by atoms with Crippen molar-refractivity contribution in [2.75, 3.05) is 19.6 Å². The van der Waals surface area contributed by atoms with Crippen molar-refractivity contribution < 1.29 is 8.42 Å². The fraction of sp³-hybridized carbons (Fsp3) is 0.750. The van der Waals surface area contributed by atoms with Gasteiger partial charge in [0.1, 0.15) is 0 Å². The molecule has 1 fully saturated rings. The van der Waals surface area contributed by atoms with Crippen LogP contribution in [0.5, 0.6) is 0 Å². The van der Waals surface area contributed by atoms with Crippen LogP contribution in [0.25, 0.3) is 0 Å². The molecule has 0 spiro atoms. The minimum Gasteiger partial charge on any atom is -0.314 e. The molecule has 0 aliphatic carbocycles. The SMILES string of the molecule is CCNC1CCN(S(=O)(=O)c2ccnn2C)CC1C. The molecule has 2 atom stereocenters. The van der Waals surface area contributed by atoms with Crippen LogP contribution < -0.4 is 5.32 Å². The average Bonchev–Trinajstić information content (AvgIpc) is 2.79. The summed E-state index contributed by atoms with van der Waals surface area (Å²) in [6, 6.07) is 1.96. The maximum atomic E-state index is 12.5. The first-order chi connectivity index (χ1) is 8.96. The molecule has 108 valence electrons. The Morgan fingerprint density at radius 1 is 1.53 bits per heavy atom. The molecule has 1 aromatic heterocycles. The van der Waals surface area contributed by atoms with Gasteiger partial charge in [-0.15, -0.1) is 0 Å². The fourth-order valence-corrected chi connectivity index (χ4v) is 4.29. The van der Waals surface area contributed by atoms with Crippen molar-refractivity contribution in [3.63, 3.8) is 0 Å². The Labute approximate surface area is 114 Å². The number of aromatic nitrogens is 2. The van der Waals surface area contributed by atoms with Gasteiger partial charge in [0.2, 0.25) is 0 Å². The van der Waals surface area contributed by atoms with Crippen molar-refractivity contribution in [1.82, 2.24) is 19.4 Å². The number of hydrogen-bond donors (Lipinski definition) is 1. The highest BCUT2D eigenvalue weighted by atomic mass is 32.2. The molecule has 1 N–H and O–H groups in total. The molecule has 0 amide bonds. The smallest absolute Gasteiger partial charge is 0.260 e. The van der Waals surface area contributed by atoms with Crippen LogP contribution in [0.2, 0.25) is 0 Å². The Morgan fingerprint density at radius 2 is 2.26 bits per heavy atom. The molecule has 0 radical (unpaired) electrons.